The molecule has 0 saturated carbocycles. The molecule has 0 amide bonds. The van der Waals surface area contributed by atoms with Crippen molar-refractivity contribution < 1.29 is 14.9 Å². The van der Waals surface area contributed by atoms with Crippen molar-refractivity contribution in [2.24, 2.45) is 0 Å². The fourth-order valence-corrected chi connectivity index (χ4v) is 2.45. The second-order valence-corrected chi connectivity index (χ2v) is 5.40. The van der Waals surface area contributed by atoms with Crippen molar-refractivity contribution in [3.63, 3.8) is 0 Å². The van der Waals surface area contributed by atoms with Crippen LogP contribution >= 0.6 is 12.4 Å². The highest BCUT2D eigenvalue weighted by Gasteiger charge is 2.17. The van der Waals surface area contributed by atoms with E-state index in [0.717, 1.165) is 38.1 Å². The summed E-state index contributed by atoms with van der Waals surface area (Å²) in [5.41, 5.74) is 1.18. The minimum atomic E-state index is -0.840. The van der Waals surface area contributed by atoms with E-state index >= 15 is 0 Å². The van der Waals surface area contributed by atoms with Crippen LogP contribution in [0.5, 0.6) is 5.75 Å². The van der Waals surface area contributed by atoms with Gasteiger partial charge in [0.1, 0.15) is 18.5 Å². The highest BCUT2D eigenvalue weighted by molar-refractivity contribution is 5.85. The monoisotopic (exact) mass is 315 g/mol. The topological polar surface area (TPSA) is 61.7 Å². The van der Waals surface area contributed by atoms with E-state index < -0.39 is 12.2 Å². The highest BCUT2D eigenvalue weighted by atomic mass is 35.5. The Morgan fingerprint density at radius 2 is 1.81 bits per heavy atom. The molecule has 2 rings (SSSR count). The van der Waals surface area contributed by atoms with E-state index in [4.69, 9.17) is 4.74 Å². The Hall–Kier alpha value is -0.810. The number of benzene rings is 1. The van der Waals surface area contributed by atoms with Gasteiger partial charge in [0.2, 0.25) is 0 Å². The highest BCUT2D eigenvalue weighted by Crippen LogP contribution is 2.21. The smallest absolute Gasteiger partial charge is 0.122 e. The minimum absolute atomic E-state index is 0. The predicted molar refractivity (Wildman–Crippen MR) is 86.2 cm³/mol. The van der Waals surface area contributed by atoms with Crippen LogP contribution in [-0.2, 0) is 6.42 Å². The largest absolute Gasteiger partial charge is 0.491 e. The Kier molecular flexibility index (Phi) is 8.69. The van der Waals surface area contributed by atoms with Gasteiger partial charge >= 0.3 is 0 Å². The van der Waals surface area contributed by atoms with Crippen LogP contribution in [0.25, 0.3) is 0 Å². The maximum Gasteiger partial charge on any atom is 0.122 e. The Balaban J connectivity index is 0.00000220. The molecule has 0 saturated heterocycles. The molecular weight excluding hydrogens is 290 g/mol. The Bertz CT molecular complexity index is 403. The first-order valence-electron chi connectivity index (χ1n) is 7.55. The fraction of sp³-hybridized carbons (Fsp3) is 0.625. The molecule has 4 nitrogen and oxygen atoms in total. The number of halogens is 1. The van der Waals surface area contributed by atoms with E-state index in [1.54, 1.807) is 0 Å². The molecule has 0 aliphatic carbocycles. The van der Waals surface area contributed by atoms with Crippen molar-refractivity contribution in [1.82, 2.24) is 5.32 Å². The molecule has 5 heteroatoms. The number of rotatable bonds is 0. The maximum absolute atomic E-state index is 9.91. The molecule has 2 atom stereocenters. The maximum atomic E-state index is 9.91. The lowest BCUT2D eigenvalue weighted by molar-refractivity contribution is -0.0114. The molecular formula is C16H26ClNO3. The van der Waals surface area contributed by atoms with Gasteiger partial charge in [-0.2, -0.15) is 0 Å². The van der Waals surface area contributed by atoms with Gasteiger partial charge in [0.15, 0.2) is 0 Å². The number of aryl methyl sites for hydroxylation is 1. The van der Waals surface area contributed by atoms with Crippen molar-refractivity contribution in [3.05, 3.63) is 29.8 Å². The molecule has 1 aromatic carbocycles. The van der Waals surface area contributed by atoms with Gasteiger partial charge in [-0.1, -0.05) is 24.6 Å². The van der Waals surface area contributed by atoms with Gasteiger partial charge < -0.3 is 20.3 Å². The SMILES string of the molecule is Cl.O[C@@H]1COc2ccccc2CCCCCNCC[C@@H]1O. The average molecular weight is 316 g/mol. The second-order valence-electron chi connectivity index (χ2n) is 5.40. The lowest BCUT2D eigenvalue weighted by Crippen LogP contribution is -2.34. The summed E-state index contributed by atoms with van der Waals surface area (Å²) < 4.78 is 5.68. The molecule has 1 heterocycles. The van der Waals surface area contributed by atoms with Crippen molar-refractivity contribution in [3.8, 4) is 5.75 Å². The Labute approximate surface area is 132 Å². The number of hydrogen-bond donors (Lipinski definition) is 3. The van der Waals surface area contributed by atoms with Crippen molar-refractivity contribution in [2.75, 3.05) is 19.7 Å². The molecule has 0 unspecified atom stereocenters. The summed E-state index contributed by atoms with van der Waals surface area (Å²) in [7, 11) is 0. The standard InChI is InChI=1S/C16H25NO3.ClH/c18-14-9-11-17-10-5-1-2-6-13-7-3-4-8-16(13)20-12-15(14)19;/h3-4,7-8,14-15,17-19H,1-2,5-6,9-12H2;1H/t14-,15+;/m0./s1. The number of aliphatic hydroxyl groups is 2. The molecule has 0 radical (unpaired) electrons. The zero-order valence-electron chi connectivity index (χ0n) is 12.3. The van der Waals surface area contributed by atoms with Crippen LogP contribution in [0.4, 0.5) is 0 Å². The normalized spacial score (nSPS) is 24.9. The lowest BCUT2D eigenvalue weighted by Gasteiger charge is -2.20. The van der Waals surface area contributed by atoms with Crippen LogP contribution < -0.4 is 10.1 Å². The third kappa shape index (κ3) is 6.22. The fourth-order valence-electron chi connectivity index (χ4n) is 2.45. The summed E-state index contributed by atoms with van der Waals surface area (Å²) in [6.45, 7) is 1.84. The number of fused-ring (bicyclic) bond motifs is 1. The zero-order chi connectivity index (χ0) is 14.2. The predicted octanol–water partition coefficient (Wildman–Crippen LogP) is 1.92. The molecule has 3 N–H and O–H groups in total. The van der Waals surface area contributed by atoms with E-state index in [9.17, 15) is 10.2 Å². The van der Waals surface area contributed by atoms with E-state index in [0.29, 0.717) is 6.42 Å². The van der Waals surface area contributed by atoms with Crippen molar-refractivity contribution in [1.29, 1.82) is 0 Å². The van der Waals surface area contributed by atoms with Crippen LogP contribution in [-0.4, -0.2) is 42.1 Å². The van der Waals surface area contributed by atoms with Gasteiger partial charge in [0.25, 0.3) is 0 Å². The van der Waals surface area contributed by atoms with Gasteiger partial charge in [0, 0.05) is 0 Å². The van der Waals surface area contributed by atoms with E-state index in [1.807, 2.05) is 18.2 Å². The molecule has 0 fully saturated rings. The van der Waals surface area contributed by atoms with E-state index in [-0.39, 0.29) is 19.0 Å². The van der Waals surface area contributed by atoms with Crippen LogP contribution in [0.2, 0.25) is 0 Å². The summed E-state index contributed by atoms with van der Waals surface area (Å²) in [6, 6.07) is 7.96. The molecule has 1 aromatic rings. The first-order valence-corrected chi connectivity index (χ1v) is 7.55. The van der Waals surface area contributed by atoms with E-state index in [2.05, 4.69) is 11.4 Å². The van der Waals surface area contributed by atoms with Gasteiger partial charge in [-0.05, 0) is 50.4 Å². The second kappa shape index (κ2) is 10.0. The number of aliphatic hydroxyl groups excluding tert-OH is 2. The van der Waals surface area contributed by atoms with Crippen LogP contribution in [0.15, 0.2) is 24.3 Å². The first kappa shape index (κ1) is 18.2. The lowest BCUT2D eigenvalue weighted by atomic mass is 10.1. The zero-order valence-corrected chi connectivity index (χ0v) is 13.1. The average Bonchev–Trinajstić information content (AvgIpc) is 2.47. The molecule has 21 heavy (non-hydrogen) atoms. The number of para-hydroxylation sites is 1. The van der Waals surface area contributed by atoms with Gasteiger partial charge in [-0.3, -0.25) is 0 Å². The summed E-state index contributed by atoms with van der Waals surface area (Å²) in [4.78, 5) is 0. The summed E-state index contributed by atoms with van der Waals surface area (Å²) in [6.07, 6.45) is 3.44. The Morgan fingerprint density at radius 1 is 1.00 bits per heavy atom. The number of ether oxygens (including phenoxy) is 1. The van der Waals surface area contributed by atoms with E-state index in [1.165, 1.54) is 12.0 Å². The third-order valence-electron chi connectivity index (χ3n) is 3.74. The molecule has 120 valence electrons. The molecule has 0 spiro atoms. The first-order chi connectivity index (χ1) is 9.77. The summed E-state index contributed by atoms with van der Waals surface area (Å²) >= 11 is 0. The molecule has 0 aromatic heterocycles. The van der Waals surface area contributed by atoms with Crippen LogP contribution in [0.1, 0.15) is 31.2 Å². The van der Waals surface area contributed by atoms with Gasteiger partial charge in [-0.15, -0.1) is 12.4 Å². The number of hydrogen-bond acceptors (Lipinski definition) is 4. The summed E-state index contributed by atoms with van der Waals surface area (Å²) in [5.74, 6) is 0.828. The Morgan fingerprint density at radius 3 is 2.67 bits per heavy atom. The van der Waals surface area contributed by atoms with Crippen LogP contribution in [0, 0.1) is 0 Å². The summed E-state index contributed by atoms with van der Waals surface area (Å²) in [5, 5.41) is 23.1. The minimum Gasteiger partial charge on any atom is -0.491 e. The quantitative estimate of drug-likeness (QED) is 0.684. The van der Waals surface area contributed by atoms with Crippen LogP contribution in [0.3, 0.4) is 0 Å². The molecule has 1 aliphatic heterocycles. The molecule has 1 aliphatic rings. The molecule has 0 bridgehead atoms. The third-order valence-corrected chi connectivity index (χ3v) is 3.74. The van der Waals surface area contributed by atoms with Gasteiger partial charge in [-0.25, -0.2) is 0 Å². The van der Waals surface area contributed by atoms with Crippen molar-refractivity contribution in [2.45, 2.75) is 44.3 Å². The van der Waals surface area contributed by atoms with Gasteiger partial charge in [0.05, 0.1) is 6.10 Å². The number of nitrogens with one attached hydrogen (secondary N) is 1. The van der Waals surface area contributed by atoms with Crippen molar-refractivity contribution >= 4 is 12.4 Å².